The first-order chi connectivity index (χ1) is 8.61. The number of carbonyl (C=O) groups is 1. The molecule has 18 heavy (non-hydrogen) atoms. The average molecular weight is 248 g/mol. The number of hydrogen-bond acceptors (Lipinski definition) is 3. The van der Waals surface area contributed by atoms with Gasteiger partial charge in [0.25, 0.3) is 0 Å². The molecule has 2 rings (SSSR count). The van der Waals surface area contributed by atoms with Crippen molar-refractivity contribution in [2.75, 3.05) is 24.6 Å². The van der Waals surface area contributed by atoms with Gasteiger partial charge >= 0.3 is 0 Å². The lowest BCUT2D eigenvalue weighted by molar-refractivity contribution is -0.122. The van der Waals surface area contributed by atoms with Crippen LogP contribution >= 0.6 is 0 Å². The van der Waals surface area contributed by atoms with Crippen molar-refractivity contribution >= 4 is 11.6 Å². The molecule has 1 heterocycles. The molecule has 1 amide bonds. The third-order valence-electron chi connectivity index (χ3n) is 3.23. The van der Waals surface area contributed by atoms with Gasteiger partial charge in [0, 0.05) is 25.4 Å². The lowest BCUT2D eigenvalue weighted by Gasteiger charge is -2.33. The summed E-state index contributed by atoms with van der Waals surface area (Å²) in [5, 5.41) is 12.1. The van der Waals surface area contributed by atoms with Crippen molar-refractivity contribution in [1.29, 1.82) is 0 Å². The van der Waals surface area contributed by atoms with Crippen LogP contribution in [0.5, 0.6) is 0 Å². The second-order valence-corrected chi connectivity index (χ2v) is 4.85. The first-order valence-corrected chi connectivity index (χ1v) is 6.35. The van der Waals surface area contributed by atoms with E-state index in [2.05, 4.69) is 11.4 Å². The molecule has 1 aliphatic rings. The van der Waals surface area contributed by atoms with E-state index in [1.54, 1.807) is 0 Å². The van der Waals surface area contributed by atoms with Gasteiger partial charge in [0.05, 0.1) is 6.04 Å². The van der Waals surface area contributed by atoms with E-state index in [9.17, 15) is 4.79 Å². The number of carbonyl (C=O) groups excluding carboxylic acids is 1. The largest absolute Gasteiger partial charge is 0.396 e. The number of aliphatic hydroxyl groups excluding tert-OH is 1. The molecule has 0 spiro atoms. The van der Waals surface area contributed by atoms with Crippen molar-refractivity contribution in [2.24, 2.45) is 0 Å². The number of amides is 1. The summed E-state index contributed by atoms with van der Waals surface area (Å²) in [6.07, 6.45) is 0.472. The lowest BCUT2D eigenvalue weighted by atomic mass is 10.1. The molecule has 1 unspecified atom stereocenters. The number of piperazine rings is 1. The van der Waals surface area contributed by atoms with E-state index in [0.717, 1.165) is 23.4 Å². The molecule has 1 saturated heterocycles. The maximum atomic E-state index is 12.3. The zero-order valence-electron chi connectivity index (χ0n) is 10.9. The molecule has 0 bridgehead atoms. The summed E-state index contributed by atoms with van der Waals surface area (Å²) in [7, 11) is 0. The number of aliphatic hydroxyl groups is 1. The molecule has 1 aromatic carbocycles. The molecule has 0 radical (unpaired) electrons. The van der Waals surface area contributed by atoms with Gasteiger partial charge in [0.1, 0.15) is 0 Å². The molecule has 0 aromatic heterocycles. The Hall–Kier alpha value is -1.39. The van der Waals surface area contributed by atoms with Crippen LogP contribution in [0.3, 0.4) is 0 Å². The first-order valence-electron chi connectivity index (χ1n) is 6.35. The van der Waals surface area contributed by atoms with E-state index in [-0.39, 0.29) is 18.6 Å². The normalized spacial score (nSPS) is 20.3. The topological polar surface area (TPSA) is 52.6 Å². The smallest absolute Gasteiger partial charge is 0.244 e. The van der Waals surface area contributed by atoms with E-state index >= 15 is 0 Å². The molecule has 4 nitrogen and oxygen atoms in total. The standard InChI is InChI=1S/C14H20N2O2/c1-10-7-11(2)9-12(8-10)16-5-4-15-13(3-6-17)14(16)18/h7-9,13,15,17H,3-6H2,1-2H3. The summed E-state index contributed by atoms with van der Waals surface area (Å²) in [6, 6.07) is 5.91. The number of aryl methyl sites for hydroxylation is 2. The number of hydrogen-bond donors (Lipinski definition) is 2. The van der Waals surface area contributed by atoms with E-state index in [0.29, 0.717) is 13.0 Å². The van der Waals surface area contributed by atoms with Gasteiger partial charge in [-0.15, -0.1) is 0 Å². The second kappa shape index (κ2) is 5.50. The van der Waals surface area contributed by atoms with Crippen LogP contribution in [0.15, 0.2) is 18.2 Å². The molecule has 1 fully saturated rings. The van der Waals surface area contributed by atoms with Crippen LogP contribution in [0.2, 0.25) is 0 Å². The highest BCUT2D eigenvalue weighted by molar-refractivity contribution is 5.98. The summed E-state index contributed by atoms with van der Waals surface area (Å²) in [6.45, 7) is 5.56. The summed E-state index contributed by atoms with van der Waals surface area (Å²) >= 11 is 0. The Kier molecular flexibility index (Phi) is 3.99. The van der Waals surface area contributed by atoms with Gasteiger partial charge in [-0.1, -0.05) is 6.07 Å². The van der Waals surface area contributed by atoms with Gasteiger partial charge in [0.15, 0.2) is 0 Å². The monoisotopic (exact) mass is 248 g/mol. The zero-order chi connectivity index (χ0) is 13.1. The quantitative estimate of drug-likeness (QED) is 0.838. The fraction of sp³-hybridized carbons (Fsp3) is 0.500. The van der Waals surface area contributed by atoms with Crippen LogP contribution in [0, 0.1) is 13.8 Å². The maximum Gasteiger partial charge on any atom is 0.244 e. The number of nitrogens with zero attached hydrogens (tertiary/aromatic N) is 1. The van der Waals surface area contributed by atoms with Crippen molar-refractivity contribution < 1.29 is 9.90 Å². The Bertz CT molecular complexity index is 423. The van der Waals surface area contributed by atoms with Crippen LogP contribution in [0.25, 0.3) is 0 Å². The van der Waals surface area contributed by atoms with E-state index in [4.69, 9.17) is 5.11 Å². The van der Waals surface area contributed by atoms with E-state index in [1.165, 1.54) is 0 Å². The van der Waals surface area contributed by atoms with Crippen LogP contribution in [-0.4, -0.2) is 36.8 Å². The molecule has 1 aromatic rings. The average Bonchev–Trinajstić information content (AvgIpc) is 2.31. The Labute approximate surface area is 108 Å². The number of nitrogens with one attached hydrogen (secondary N) is 1. The van der Waals surface area contributed by atoms with E-state index < -0.39 is 0 Å². The predicted molar refractivity (Wildman–Crippen MR) is 71.8 cm³/mol. The zero-order valence-corrected chi connectivity index (χ0v) is 10.9. The highest BCUT2D eigenvalue weighted by Crippen LogP contribution is 2.21. The summed E-state index contributed by atoms with van der Waals surface area (Å²) in [5.41, 5.74) is 3.28. The predicted octanol–water partition coefficient (Wildman–Crippen LogP) is 0.991. The fourth-order valence-electron chi connectivity index (χ4n) is 2.45. The third kappa shape index (κ3) is 2.71. The van der Waals surface area contributed by atoms with Gasteiger partial charge in [-0.25, -0.2) is 0 Å². The molecule has 2 N–H and O–H groups in total. The molecule has 4 heteroatoms. The van der Waals surface area contributed by atoms with E-state index in [1.807, 2.05) is 30.9 Å². The molecule has 0 saturated carbocycles. The van der Waals surface area contributed by atoms with Crippen molar-refractivity contribution in [2.45, 2.75) is 26.3 Å². The van der Waals surface area contributed by atoms with Crippen molar-refractivity contribution in [1.82, 2.24) is 5.32 Å². The highest BCUT2D eigenvalue weighted by Gasteiger charge is 2.28. The minimum atomic E-state index is -0.260. The van der Waals surface area contributed by atoms with Crippen molar-refractivity contribution in [3.05, 3.63) is 29.3 Å². The van der Waals surface area contributed by atoms with Crippen molar-refractivity contribution in [3.8, 4) is 0 Å². The van der Waals surface area contributed by atoms with Gasteiger partial charge in [-0.05, 0) is 43.5 Å². The van der Waals surface area contributed by atoms with Gasteiger partial charge in [-0.3, -0.25) is 4.79 Å². The van der Waals surface area contributed by atoms with Crippen LogP contribution in [0.1, 0.15) is 17.5 Å². The molecular weight excluding hydrogens is 228 g/mol. The first kappa shape index (κ1) is 13.1. The van der Waals surface area contributed by atoms with Crippen molar-refractivity contribution in [3.63, 3.8) is 0 Å². The number of anilines is 1. The summed E-state index contributed by atoms with van der Waals surface area (Å²) in [4.78, 5) is 14.1. The Balaban J connectivity index is 2.23. The number of rotatable bonds is 3. The van der Waals surface area contributed by atoms with Gasteiger partial charge < -0.3 is 15.3 Å². The Morgan fingerprint density at radius 3 is 2.61 bits per heavy atom. The van der Waals surface area contributed by atoms with Crippen LogP contribution in [0.4, 0.5) is 5.69 Å². The molecule has 0 aliphatic carbocycles. The minimum absolute atomic E-state index is 0.0318. The summed E-state index contributed by atoms with van der Waals surface area (Å²) in [5.74, 6) is 0.0558. The SMILES string of the molecule is Cc1cc(C)cc(N2CCNC(CCO)C2=O)c1. The molecule has 1 aliphatic heterocycles. The fourth-order valence-corrected chi connectivity index (χ4v) is 2.45. The number of benzene rings is 1. The van der Waals surface area contributed by atoms with Crippen LogP contribution < -0.4 is 10.2 Å². The minimum Gasteiger partial charge on any atom is -0.396 e. The molecule has 1 atom stereocenters. The van der Waals surface area contributed by atoms with Gasteiger partial charge in [0.2, 0.25) is 5.91 Å². The second-order valence-electron chi connectivity index (χ2n) is 4.85. The third-order valence-corrected chi connectivity index (χ3v) is 3.23. The lowest BCUT2D eigenvalue weighted by Crippen LogP contribution is -2.55. The van der Waals surface area contributed by atoms with Crippen LogP contribution in [-0.2, 0) is 4.79 Å². The molecular formula is C14H20N2O2. The maximum absolute atomic E-state index is 12.3. The highest BCUT2D eigenvalue weighted by atomic mass is 16.3. The molecule has 98 valence electrons. The Morgan fingerprint density at radius 2 is 2.00 bits per heavy atom. The Morgan fingerprint density at radius 1 is 1.33 bits per heavy atom. The van der Waals surface area contributed by atoms with Gasteiger partial charge in [-0.2, -0.15) is 0 Å². The summed E-state index contributed by atoms with van der Waals surface area (Å²) < 4.78 is 0.